The number of nitrogens with one attached hydrogen (secondary N) is 3. The molecule has 10 nitrogen and oxygen atoms in total. The number of benzene rings is 4. The number of ether oxygens (including phenoxy) is 1. The smallest absolute Gasteiger partial charge is 0.319 e. The number of anilines is 2. The summed E-state index contributed by atoms with van der Waals surface area (Å²) < 4.78 is 5.37. The highest BCUT2D eigenvalue weighted by Gasteiger charge is 2.39. The van der Waals surface area contributed by atoms with Gasteiger partial charge in [-0.15, -0.1) is 0 Å². The molecule has 4 amide bonds. The number of carbonyl (C=O) groups excluding carboxylic acids is 3. The third kappa shape index (κ3) is 8.39. The number of rotatable bonds is 11. The number of aliphatic hydroxyl groups excluding tert-OH is 1. The Hall–Kier alpha value is -5.19. The van der Waals surface area contributed by atoms with Crippen LogP contribution in [0.15, 0.2) is 97.1 Å². The molecule has 0 aliphatic carbocycles. The SMILES string of the molecule is COc1ccc(C2Cc3ccccc3N(Cc3ccc(-c4ccccc4NC(=O)NCCO)cc3)C(=O)C2NC(=O)CC(C)(C)N)cc1. The fourth-order valence-corrected chi connectivity index (χ4v) is 6.04. The fourth-order valence-electron chi connectivity index (χ4n) is 6.04. The van der Waals surface area contributed by atoms with E-state index in [1.807, 2.05) is 97.1 Å². The van der Waals surface area contributed by atoms with Crippen molar-refractivity contribution in [1.82, 2.24) is 10.6 Å². The molecule has 1 aliphatic rings. The Balaban J connectivity index is 1.46. The molecule has 0 fully saturated rings. The van der Waals surface area contributed by atoms with Crippen molar-refractivity contribution in [3.63, 3.8) is 0 Å². The maximum Gasteiger partial charge on any atom is 0.319 e. The van der Waals surface area contributed by atoms with Crippen LogP contribution < -0.4 is 31.3 Å². The van der Waals surface area contributed by atoms with Gasteiger partial charge in [-0.25, -0.2) is 4.79 Å². The van der Waals surface area contributed by atoms with Crippen LogP contribution in [0.4, 0.5) is 16.2 Å². The van der Waals surface area contributed by atoms with Crippen molar-refractivity contribution in [3.8, 4) is 16.9 Å². The molecule has 2 unspecified atom stereocenters. The van der Waals surface area contributed by atoms with E-state index in [2.05, 4.69) is 16.0 Å². The van der Waals surface area contributed by atoms with Gasteiger partial charge in [0.1, 0.15) is 11.8 Å². The minimum atomic E-state index is -0.838. The van der Waals surface area contributed by atoms with Gasteiger partial charge in [0.05, 0.1) is 25.9 Å². The average Bonchev–Trinajstić information content (AvgIpc) is 3.18. The molecular weight excluding hydrogens is 606 g/mol. The lowest BCUT2D eigenvalue weighted by atomic mass is 9.86. The Morgan fingerprint density at radius 3 is 2.33 bits per heavy atom. The standard InChI is InChI=1S/C38H43N5O5/c1-38(2,39)23-34(45)42-35-31(27-16-18-29(48-3)19-17-27)22-28-8-4-7-11-33(28)43(36(35)46)24-25-12-14-26(15-13-25)30-9-5-6-10-32(30)41-37(47)40-20-21-44/h4-19,31,35,44H,20-24,39H2,1-3H3,(H,42,45)(H2,40,41,47). The van der Waals surface area contributed by atoms with Crippen molar-refractivity contribution in [2.75, 3.05) is 30.5 Å². The molecular formula is C38H43N5O5. The highest BCUT2D eigenvalue weighted by atomic mass is 16.5. The molecule has 10 heteroatoms. The van der Waals surface area contributed by atoms with Gasteiger partial charge in [-0.2, -0.15) is 0 Å². The molecule has 4 aromatic rings. The van der Waals surface area contributed by atoms with E-state index < -0.39 is 17.6 Å². The maximum absolute atomic E-state index is 14.6. The second-order valence-electron chi connectivity index (χ2n) is 12.7. The zero-order valence-electron chi connectivity index (χ0n) is 27.5. The Bertz CT molecular complexity index is 1730. The lowest BCUT2D eigenvalue weighted by molar-refractivity contribution is -0.128. The average molecular weight is 650 g/mol. The van der Waals surface area contributed by atoms with Crippen LogP contribution in [0.1, 0.15) is 42.9 Å². The van der Waals surface area contributed by atoms with Crippen LogP contribution in [0.2, 0.25) is 0 Å². The molecule has 2 atom stereocenters. The Kier molecular flexibility index (Phi) is 10.8. The number of hydrogen-bond donors (Lipinski definition) is 5. The minimum Gasteiger partial charge on any atom is -0.497 e. The van der Waals surface area contributed by atoms with Crippen LogP contribution in [0.25, 0.3) is 11.1 Å². The van der Waals surface area contributed by atoms with Crippen molar-refractivity contribution < 1.29 is 24.2 Å². The summed E-state index contributed by atoms with van der Waals surface area (Å²) in [6.45, 7) is 3.85. The number of para-hydroxylation sites is 2. The summed E-state index contributed by atoms with van der Waals surface area (Å²) >= 11 is 0. The van der Waals surface area contributed by atoms with E-state index in [1.165, 1.54) is 0 Å². The molecule has 6 N–H and O–H groups in total. The normalized spacial score (nSPS) is 16.0. The maximum atomic E-state index is 14.6. The number of nitrogens with zero attached hydrogens (tertiary/aromatic N) is 1. The molecule has 250 valence electrons. The summed E-state index contributed by atoms with van der Waals surface area (Å²) in [6.07, 6.45) is 0.607. The van der Waals surface area contributed by atoms with E-state index in [4.69, 9.17) is 15.6 Å². The Morgan fingerprint density at radius 1 is 0.958 bits per heavy atom. The van der Waals surface area contributed by atoms with Crippen LogP contribution in [0, 0.1) is 0 Å². The van der Waals surface area contributed by atoms with Crippen LogP contribution >= 0.6 is 0 Å². The number of hydrogen-bond acceptors (Lipinski definition) is 6. The number of carbonyl (C=O) groups is 3. The van der Waals surface area contributed by atoms with E-state index in [0.717, 1.165) is 33.5 Å². The van der Waals surface area contributed by atoms with E-state index in [9.17, 15) is 14.4 Å². The molecule has 5 rings (SSSR count). The van der Waals surface area contributed by atoms with Gasteiger partial charge < -0.3 is 36.4 Å². The van der Waals surface area contributed by atoms with Gasteiger partial charge in [0.15, 0.2) is 0 Å². The quantitative estimate of drug-likeness (QED) is 0.155. The van der Waals surface area contributed by atoms with Gasteiger partial charge >= 0.3 is 6.03 Å². The second kappa shape index (κ2) is 15.1. The molecule has 0 aromatic heterocycles. The first kappa shape index (κ1) is 34.2. The summed E-state index contributed by atoms with van der Waals surface area (Å²) in [7, 11) is 1.61. The van der Waals surface area contributed by atoms with Crippen LogP contribution in [0.5, 0.6) is 5.75 Å². The largest absolute Gasteiger partial charge is 0.497 e. The number of aliphatic hydroxyl groups is 1. The van der Waals surface area contributed by atoms with Crippen LogP contribution in [-0.4, -0.2) is 54.8 Å². The van der Waals surface area contributed by atoms with Crippen molar-refractivity contribution in [2.24, 2.45) is 5.73 Å². The highest BCUT2D eigenvalue weighted by molar-refractivity contribution is 6.01. The van der Waals surface area contributed by atoms with Crippen molar-refractivity contribution in [1.29, 1.82) is 0 Å². The number of amides is 4. The molecule has 4 aromatic carbocycles. The molecule has 0 saturated heterocycles. The molecule has 0 spiro atoms. The number of methoxy groups -OCH3 is 1. The Morgan fingerprint density at radius 2 is 1.65 bits per heavy atom. The number of urea groups is 1. The third-order valence-corrected chi connectivity index (χ3v) is 8.31. The highest BCUT2D eigenvalue weighted by Crippen LogP contribution is 2.37. The zero-order valence-corrected chi connectivity index (χ0v) is 27.5. The summed E-state index contributed by atoms with van der Waals surface area (Å²) in [5, 5.41) is 17.5. The first-order chi connectivity index (χ1) is 23.1. The zero-order chi connectivity index (χ0) is 34.3. The molecule has 0 saturated carbocycles. The monoisotopic (exact) mass is 649 g/mol. The van der Waals surface area contributed by atoms with Crippen molar-refractivity contribution in [3.05, 3.63) is 114 Å². The van der Waals surface area contributed by atoms with Gasteiger partial charge in [0.2, 0.25) is 5.91 Å². The lowest BCUT2D eigenvalue weighted by Gasteiger charge is -2.30. The van der Waals surface area contributed by atoms with Gasteiger partial charge in [0, 0.05) is 35.7 Å². The van der Waals surface area contributed by atoms with Gasteiger partial charge in [-0.3, -0.25) is 9.59 Å². The molecule has 1 aliphatic heterocycles. The topological polar surface area (TPSA) is 146 Å². The molecule has 1 heterocycles. The minimum absolute atomic E-state index is 0.0694. The van der Waals surface area contributed by atoms with Gasteiger partial charge in [0.25, 0.3) is 5.91 Å². The number of nitrogens with two attached hydrogens (primary N) is 1. The summed E-state index contributed by atoms with van der Waals surface area (Å²) in [6, 6.07) is 29.6. The Labute approximate surface area is 281 Å². The van der Waals surface area contributed by atoms with Crippen LogP contribution in [0.3, 0.4) is 0 Å². The summed E-state index contributed by atoms with van der Waals surface area (Å²) in [5.41, 5.74) is 11.4. The van der Waals surface area contributed by atoms with Crippen LogP contribution in [-0.2, 0) is 22.6 Å². The summed E-state index contributed by atoms with van der Waals surface area (Å²) in [5.74, 6) is -0.123. The van der Waals surface area contributed by atoms with E-state index >= 15 is 0 Å². The third-order valence-electron chi connectivity index (χ3n) is 8.31. The van der Waals surface area contributed by atoms with Crippen molar-refractivity contribution >= 4 is 29.2 Å². The summed E-state index contributed by atoms with van der Waals surface area (Å²) in [4.78, 5) is 42.0. The van der Waals surface area contributed by atoms with E-state index in [1.54, 1.807) is 25.9 Å². The van der Waals surface area contributed by atoms with E-state index in [0.29, 0.717) is 17.9 Å². The molecule has 0 radical (unpaired) electrons. The first-order valence-corrected chi connectivity index (χ1v) is 16.0. The molecule has 48 heavy (non-hydrogen) atoms. The van der Waals surface area contributed by atoms with Crippen molar-refractivity contribution in [2.45, 2.75) is 50.7 Å². The second-order valence-corrected chi connectivity index (χ2v) is 12.7. The molecule has 0 bridgehead atoms. The predicted octanol–water partition coefficient (Wildman–Crippen LogP) is 4.96. The first-order valence-electron chi connectivity index (χ1n) is 16.0. The predicted molar refractivity (Wildman–Crippen MR) is 188 cm³/mol. The lowest BCUT2D eigenvalue weighted by Crippen LogP contribution is -2.52. The van der Waals surface area contributed by atoms with Gasteiger partial charge in [-0.05, 0) is 66.8 Å². The fraction of sp³-hybridized carbons (Fsp3) is 0.289. The van der Waals surface area contributed by atoms with E-state index in [-0.39, 0.29) is 43.8 Å². The van der Waals surface area contributed by atoms with Gasteiger partial charge in [-0.1, -0.05) is 72.8 Å². The number of fused-ring (bicyclic) bond motifs is 1.